The van der Waals surface area contributed by atoms with Crippen LogP contribution in [0.4, 0.5) is 0 Å². The summed E-state index contributed by atoms with van der Waals surface area (Å²) in [6.07, 6.45) is 7.52. The van der Waals surface area contributed by atoms with Crippen molar-refractivity contribution in [2.75, 3.05) is 0 Å². The third-order valence-electron chi connectivity index (χ3n) is 4.86. The van der Waals surface area contributed by atoms with Gasteiger partial charge in [-0.25, -0.2) is 0 Å². The van der Waals surface area contributed by atoms with Gasteiger partial charge in [-0.3, -0.25) is 4.68 Å². The number of rotatable bonds is 4. The molecule has 1 saturated carbocycles. The first kappa shape index (κ1) is 16.5. The summed E-state index contributed by atoms with van der Waals surface area (Å²) < 4.78 is 2.08. The van der Waals surface area contributed by atoms with Crippen molar-refractivity contribution >= 4 is 0 Å². The lowest BCUT2D eigenvalue weighted by atomic mass is 9.58. The van der Waals surface area contributed by atoms with Crippen LogP contribution >= 0.6 is 0 Å². The molecule has 0 aromatic carbocycles. The summed E-state index contributed by atoms with van der Waals surface area (Å²) in [6, 6.07) is 2.61. The lowest BCUT2D eigenvalue weighted by Crippen LogP contribution is -2.53. The first-order chi connectivity index (χ1) is 9.54. The minimum atomic E-state index is -0.125. The van der Waals surface area contributed by atoms with Crippen LogP contribution in [0.25, 0.3) is 0 Å². The van der Waals surface area contributed by atoms with Crippen molar-refractivity contribution in [2.45, 2.75) is 85.2 Å². The van der Waals surface area contributed by atoms with Gasteiger partial charge < -0.3 is 5.73 Å². The molecule has 1 fully saturated rings. The molecule has 0 bridgehead atoms. The van der Waals surface area contributed by atoms with Gasteiger partial charge in [0.05, 0.1) is 5.69 Å². The highest BCUT2D eigenvalue weighted by molar-refractivity contribution is 5.10. The number of hydrogen-bond donors (Lipinski definition) is 1. The lowest BCUT2D eigenvalue weighted by molar-refractivity contribution is 0.0482. The summed E-state index contributed by atoms with van der Waals surface area (Å²) in [6.45, 7) is 13.8. The molecule has 3 nitrogen and oxygen atoms in total. The van der Waals surface area contributed by atoms with Gasteiger partial charge >= 0.3 is 0 Å². The average Bonchev–Trinajstić information content (AvgIpc) is 2.70. The van der Waals surface area contributed by atoms with Crippen LogP contribution in [0.1, 0.15) is 79.0 Å². The molecule has 0 amide bonds. The van der Waals surface area contributed by atoms with Gasteiger partial charge in [0, 0.05) is 24.2 Å². The van der Waals surface area contributed by atoms with E-state index in [1.165, 1.54) is 6.42 Å². The maximum atomic E-state index is 6.81. The molecule has 21 heavy (non-hydrogen) atoms. The van der Waals surface area contributed by atoms with Crippen LogP contribution in [0.3, 0.4) is 0 Å². The fourth-order valence-corrected chi connectivity index (χ4v) is 4.78. The lowest BCUT2D eigenvalue weighted by Gasteiger charge is -2.50. The highest BCUT2D eigenvalue weighted by Gasteiger charge is 2.45. The molecule has 1 aromatic rings. The van der Waals surface area contributed by atoms with E-state index in [4.69, 9.17) is 10.8 Å². The molecule has 1 aromatic heterocycles. The Morgan fingerprint density at radius 1 is 1.19 bits per heavy atom. The summed E-state index contributed by atoms with van der Waals surface area (Å²) in [7, 11) is 0. The first-order valence-electron chi connectivity index (χ1n) is 8.37. The van der Waals surface area contributed by atoms with E-state index < -0.39 is 0 Å². The zero-order valence-corrected chi connectivity index (χ0v) is 14.7. The van der Waals surface area contributed by atoms with Gasteiger partial charge in [0.15, 0.2) is 0 Å². The maximum absolute atomic E-state index is 6.81. The second-order valence-corrected chi connectivity index (χ2v) is 8.94. The van der Waals surface area contributed by atoms with Gasteiger partial charge in [-0.15, -0.1) is 0 Å². The molecule has 0 radical (unpaired) electrons. The predicted octanol–water partition coefficient (Wildman–Crippen LogP) is 4.33. The summed E-state index contributed by atoms with van der Waals surface area (Å²) in [5.74, 6) is 0. The van der Waals surface area contributed by atoms with E-state index in [1.807, 2.05) is 0 Å². The van der Waals surface area contributed by atoms with Crippen molar-refractivity contribution in [2.24, 2.45) is 16.6 Å². The van der Waals surface area contributed by atoms with E-state index in [0.717, 1.165) is 31.4 Å². The third kappa shape index (κ3) is 4.09. The van der Waals surface area contributed by atoms with Crippen molar-refractivity contribution < 1.29 is 0 Å². The average molecular weight is 291 g/mol. The Morgan fingerprint density at radius 3 is 2.29 bits per heavy atom. The van der Waals surface area contributed by atoms with Crippen LogP contribution < -0.4 is 5.73 Å². The quantitative estimate of drug-likeness (QED) is 0.897. The third-order valence-corrected chi connectivity index (χ3v) is 4.86. The Bertz CT molecular complexity index is 468. The van der Waals surface area contributed by atoms with Crippen LogP contribution in [0, 0.1) is 10.8 Å². The van der Waals surface area contributed by atoms with Gasteiger partial charge in [0.25, 0.3) is 0 Å². The minimum Gasteiger partial charge on any atom is -0.325 e. The van der Waals surface area contributed by atoms with E-state index in [2.05, 4.69) is 58.5 Å². The summed E-state index contributed by atoms with van der Waals surface area (Å²) >= 11 is 0. The molecule has 2 N–H and O–H groups in total. The van der Waals surface area contributed by atoms with Gasteiger partial charge in [-0.1, -0.05) is 34.6 Å². The van der Waals surface area contributed by atoms with Crippen molar-refractivity contribution in [1.82, 2.24) is 9.78 Å². The fourth-order valence-electron chi connectivity index (χ4n) is 4.78. The second kappa shape index (κ2) is 5.42. The van der Waals surface area contributed by atoms with Crippen LogP contribution in [-0.2, 0) is 6.42 Å². The van der Waals surface area contributed by atoms with Crippen molar-refractivity contribution in [1.29, 1.82) is 0 Å². The van der Waals surface area contributed by atoms with E-state index in [1.54, 1.807) is 0 Å². The largest absolute Gasteiger partial charge is 0.325 e. The van der Waals surface area contributed by atoms with E-state index in [9.17, 15) is 0 Å². The molecule has 1 heterocycles. The number of hydrogen-bond acceptors (Lipinski definition) is 2. The van der Waals surface area contributed by atoms with Gasteiger partial charge in [0.1, 0.15) is 0 Å². The Kier molecular flexibility index (Phi) is 4.27. The monoisotopic (exact) mass is 291 g/mol. The summed E-state index contributed by atoms with van der Waals surface area (Å²) in [5.41, 5.74) is 8.46. The normalized spacial score (nSPS) is 24.7. The van der Waals surface area contributed by atoms with Gasteiger partial charge in [-0.05, 0) is 49.5 Å². The molecular weight excluding hydrogens is 258 g/mol. The molecule has 1 aliphatic carbocycles. The Balaban J connectivity index is 2.15. The molecule has 1 aliphatic rings. The zero-order valence-electron chi connectivity index (χ0n) is 14.7. The molecule has 2 rings (SSSR count). The maximum Gasteiger partial charge on any atom is 0.0643 e. The molecule has 120 valence electrons. The summed E-state index contributed by atoms with van der Waals surface area (Å²) in [5, 5.41) is 4.75. The molecule has 0 aliphatic heterocycles. The van der Waals surface area contributed by atoms with Crippen molar-refractivity contribution in [3.8, 4) is 0 Å². The Morgan fingerprint density at radius 2 is 1.76 bits per heavy atom. The smallest absolute Gasteiger partial charge is 0.0643 e. The van der Waals surface area contributed by atoms with Crippen LogP contribution in [0.15, 0.2) is 12.3 Å². The second-order valence-electron chi connectivity index (χ2n) is 8.94. The highest BCUT2D eigenvalue weighted by atomic mass is 15.3. The number of nitrogens with zero attached hydrogens (tertiary/aromatic N) is 2. The SMILES string of the molecule is CCC(C)n1ccc(CC2(N)CC(C)(C)CC(C)(C)C2)n1. The van der Waals surface area contributed by atoms with Crippen molar-refractivity contribution in [3.05, 3.63) is 18.0 Å². The van der Waals surface area contributed by atoms with Crippen LogP contribution in [-0.4, -0.2) is 15.3 Å². The predicted molar refractivity (Wildman–Crippen MR) is 89.3 cm³/mol. The number of nitrogens with two attached hydrogens (primary N) is 1. The first-order valence-corrected chi connectivity index (χ1v) is 8.37. The molecule has 3 heteroatoms. The van der Waals surface area contributed by atoms with Crippen LogP contribution in [0.5, 0.6) is 0 Å². The number of aromatic nitrogens is 2. The standard InChI is InChI=1S/C18H33N3/c1-7-14(2)21-9-8-15(20-21)10-18(19)12-16(3,4)11-17(5,6)13-18/h8-9,14H,7,10-13,19H2,1-6H3. The topological polar surface area (TPSA) is 43.8 Å². The molecule has 1 unspecified atom stereocenters. The molecule has 1 atom stereocenters. The van der Waals surface area contributed by atoms with E-state index >= 15 is 0 Å². The van der Waals surface area contributed by atoms with Gasteiger partial charge in [-0.2, -0.15) is 5.10 Å². The van der Waals surface area contributed by atoms with Crippen LogP contribution in [0.2, 0.25) is 0 Å². The zero-order chi connectivity index (χ0) is 15.9. The van der Waals surface area contributed by atoms with Crippen molar-refractivity contribution in [3.63, 3.8) is 0 Å². The summed E-state index contributed by atoms with van der Waals surface area (Å²) in [4.78, 5) is 0. The fraction of sp³-hybridized carbons (Fsp3) is 0.833. The Hall–Kier alpha value is -0.830. The highest BCUT2D eigenvalue weighted by Crippen LogP contribution is 2.49. The molecule has 0 saturated heterocycles. The Labute approximate surface area is 130 Å². The van der Waals surface area contributed by atoms with E-state index in [0.29, 0.717) is 16.9 Å². The molecular formula is C18H33N3. The molecule has 0 spiro atoms. The minimum absolute atomic E-state index is 0.125. The van der Waals surface area contributed by atoms with Gasteiger partial charge in [0.2, 0.25) is 0 Å². The van der Waals surface area contributed by atoms with E-state index in [-0.39, 0.29) is 5.54 Å².